The third-order valence-electron chi connectivity index (χ3n) is 1.16. The first-order valence-electron chi connectivity index (χ1n) is 3.52. The summed E-state index contributed by atoms with van der Waals surface area (Å²) in [6.45, 7) is 1.86. The van der Waals surface area contributed by atoms with Crippen molar-refractivity contribution in [2.75, 3.05) is 5.33 Å². The van der Waals surface area contributed by atoms with Crippen molar-refractivity contribution in [3.05, 3.63) is 12.2 Å². The summed E-state index contributed by atoms with van der Waals surface area (Å²) < 4.78 is 0. The van der Waals surface area contributed by atoms with E-state index in [9.17, 15) is 4.79 Å². The highest BCUT2D eigenvalue weighted by atomic mass is 79.9. The van der Waals surface area contributed by atoms with Crippen LogP contribution in [0.1, 0.15) is 26.2 Å². The van der Waals surface area contributed by atoms with Crippen LogP contribution < -0.4 is 0 Å². The summed E-state index contributed by atoms with van der Waals surface area (Å²) in [5.41, 5.74) is 0. The molecule has 0 N–H and O–H groups in total. The minimum atomic E-state index is 0.239. The van der Waals surface area contributed by atoms with Crippen molar-refractivity contribution >= 4 is 21.7 Å². The van der Waals surface area contributed by atoms with Crippen LogP contribution in [0.2, 0.25) is 0 Å². The van der Waals surface area contributed by atoms with Gasteiger partial charge >= 0.3 is 0 Å². The molecule has 0 amide bonds. The summed E-state index contributed by atoms with van der Waals surface area (Å²) in [6.07, 6.45) is 6.19. The van der Waals surface area contributed by atoms with E-state index in [2.05, 4.69) is 15.9 Å². The molecule has 0 aromatic carbocycles. The zero-order valence-electron chi connectivity index (χ0n) is 6.27. The van der Waals surface area contributed by atoms with E-state index in [1.807, 2.05) is 6.92 Å². The van der Waals surface area contributed by atoms with E-state index in [4.69, 9.17) is 0 Å². The predicted octanol–water partition coefficient (Wildman–Crippen LogP) is 2.70. The Morgan fingerprint density at radius 3 is 2.70 bits per heavy atom. The molecule has 1 nitrogen and oxygen atoms in total. The molecule has 0 bridgehead atoms. The van der Waals surface area contributed by atoms with Crippen molar-refractivity contribution in [2.45, 2.75) is 26.2 Å². The Balaban J connectivity index is 3.22. The fourth-order valence-electron chi connectivity index (χ4n) is 0.663. The molecule has 0 spiro atoms. The van der Waals surface area contributed by atoms with Gasteiger partial charge in [0.2, 0.25) is 0 Å². The van der Waals surface area contributed by atoms with Gasteiger partial charge in [-0.1, -0.05) is 22.0 Å². The van der Waals surface area contributed by atoms with E-state index in [0.717, 1.165) is 18.2 Å². The Hall–Kier alpha value is -0.110. The van der Waals surface area contributed by atoms with E-state index >= 15 is 0 Å². The lowest BCUT2D eigenvalue weighted by Crippen LogP contribution is -1.91. The van der Waals surface area contributed by atoms with Gasteiger partial charge in [-0.25, -0.2) is 0 Å². The predicted molar refractivity (Wildman–Crippen MR) is 47.5 cm³/mol. The van der Waals surface area contributed by atoms with Crippen molar-refractivity contribution in [3.8, 4) is 0 Å². The highest BCUT2D eigenvalue weighted by molar-refractivity contribution is 9.09. The maximum Gasteiger partial charge on any atom is 0.155 e. The van der Waals surface area contributed by atoms with E-state index in [0.29, 0.717) is 6.42 Å². The molecule has 0 atom stereocenters. The second-order valence-electron chi connectivity index (χ2n) is 2.11. The van der Waals surface area contributed by atoms with Crippen LogP contribution in [0.4, 0.5) is 0 Å². The SMILES string of the molecule is C/C=C/C(=O)CCCCBr. The number of unbranched alkanes of at least 4 members (excludes halogenated alkanes) is 1. The normalized spacial score (nSPS) is 10.6. The van der Waals surface area contributed by atoms with Gasteiger partial charge in [0.15, 0.2) is 5.78 Å². The van der Waals surface area contributed by atoms with Crippen LogP contribution in [0, 0.1) is 0 Å². The van der Waals surface area contributed by atoms with Crippen molar-refractivity contribution in [2.24, 2.45) is 0 Å². The van der Waals surface area contributed by atoms with E-state index in [1.165, 1.54) is 0 Å². The Labute approximate surface area is 70.6 Å². The first-order valence-corrected chi connectivity index (χ1v) is 4.65. The van der Waals surface area contributed by atoms with Gasteiger partial charge in [0, 0.05) is 11.8 Å². The number of carbonyl (C=O) groups excluding carboxylic acids is 1. The van der Waals surface area contributed by atoms with Gasteiger partial charge in [0.25, 0.3) is 0 Å². The van der Waals surface area contributed by atoms with Gasteiger partial charge in [-0.2, -0.15) is 0 Å². The molecule has 0 saturated heterocycles. The second-order valence-corrected chi connectivity index (χ2v) is 2.91. The molecule has 0 radical (unpaired) electrons. The van der Waals surface area contributed by atoms with Crippen LogP contribution in [0.5, 0.6) is 0 Å². The summed E-state index contributed by atoms with van der Waals surface area (Å²) in [6, 6.07) is 0. The Morgan fingerprint density at radius 2 is 2.20 bits per heavy atom. The monoisotopic (exact) mass is 204 g/mol. The zero-order valence-corrected chi connectivity index (χ0v) is 7.86. The maximum absolute atomic E-state index is 10.8. The van der Waals surface area contributed by atoms with Gasteiger partial charge in [0.05, 0.1) is 0 Å². The van der Waals surface area contributed by atoms with Crippen LogP contribution >= 0.6 is 15.9 Å². The lowest BCUT2D eigenvalue weighted by Gasteiger charge is -1.91. The van der Waals surface area contributed by atoms with Crippen LogP contribution in [-0.2, 0) is 4.79 Å². The van der Waals surface area contributed by atoms with Gasteiger partial charge < -0.3 is 0 Å². The molecule has 2 heteroatoms. The zero-order chi connectivity index (χ0) is 7.82. The summed E-state index contributed by atoms with van der Waals surface area (Å²) >= 11 is 3.31. The minimum Gasteiger partial charge on any atom is -0.295 e. The van der Waals surface area contributed by atoms with E-state index in [-0.39, 0.29) is 5.78 Å². The number of hydrogen-bond donors (Lipinski definition) is 0. The molecule has 0 fully saturated rings. The van der Waals surface area contributed by atoms with Gasteiger partial charge in [-0.15, -0.1) is 0 Å². The van der Waals surface area contributed by atoms with E-state index < -0.39 is 0 Å². The third kappa shape index (κ3) is 6.02. The Kier molecular flexibility index (Phi) is 6.93. The lowest BCUT2D eigenvalue weighted by atomic mass is 10.2. The third-order valence-corrected chi connectivity index (χ3v) is 1.72. The summed E-state index contributed by atoms with van der Waals surface area (Å²) in [4.78, 5) is 10.8. The summed E-state index contributed by atoms with van der Waals surface area (Å²) in [5, 5.41) is 0.996. The van der Waals surface area contributed by atoms with Crippen LogP contribution in [0.15, 0.2) is 12.2 Å². The maximum atomic E-state index is 10.8. The molecule has 0 aromatic heterocycles. The van der Waals surface area contributed by atoms with Crippen LogP contribution in [-0.4, -0.2) is 11.1 Å². The van der Waals surface area contributed by atoms with Crippen molar-refractivity contribution < 1.29 is 4.79 Å². The van der Waals surface area contributed by atoms with Crippen LogP contribution in [0.3, 0.4) is 0 Å². The number of ketones is 1. The molecule has 0 aliphatic carbocycles. The lowest BCUT2D eigenvalue weighted by molar-refractivity contribution is -0.114. The highest BCUT2D eigenvalue weighted by Crippen LogP contribution is 1.99. The average Bonchev–Trinajstić information content (AvgIpc) is 1.89. The Morgan fingerprint density at radius 1 is 1.50 bits per heavy atom. The molecule has 0 saturated carbocycles. The van der Waals surface area contributed by atoms with Gasteiger partial charge in [-0.05, 0) is 25.8 Å². The first-order chi connectivity index (χ1) is 4.81. The molecule has 0 rings (SSSR count). The molecule has 0 aromatic rings. The average molecular weight is 205 g/mol. The fraction of sp³-hybridized carbons (Fsp3) is 0.625. The number of rotatable bonds is 5. The molecular weight excluding hydrogens is 192 g/mol. The number of hydrogen-bond acceptors (Lipinski definition) is 1. The molecule has 0 aliphatic heterocycles. The Bertz CT molecular complexity index is 118. The topological polar surface area (TPSA) is 17.1 Å². The standard InChI is InChI=1S/C8H13BrO/c1-2-5-8(10)6-3-4-7-9/h2,5H,3-4,6-7H2,1H3/b5-2+. The number of alkyl halides is 1. The highest BCUT2D eigenvalue weighted by Gasteiger charge is 1.93. The van der Waals surface area contributed by atoms with Crippen LogP contribution in [0.25, 0.3) is 0 Å². The van der Waals surface area contributed by atoms with Crippen molar-refractivity contribution in [1.29, 1.82) is 0 Å². The van der Waals surface area contributed by atoms with E-state index in [1.54, 1.807) is 12.2 Å². The summed E-state index contributed by atoms with van der Waals surface area (Å²) in [5.74, 6) is 0.239. The number of allylic oxidation sites excluding steroid dienone is 2. The van der Waals surface area contributed by atoms with Crippen molar-refractivity contribution in [3.63, 3.8) is 0 Å². The molecule has 58 valence electrons. The largest absolute Gasteiger partial charge is 0.295 e. The smallest absolute Gasteiger partial charge is 0.155 e. The molecule has 10 heavy (non-hydrogen) atoms. The first kappa shape index (κ1) is 9.89. The molecule has 0 aliphatic rings. The second kappa shape index (κ2) is 7.00. The van der Waals surface area contributed by atoms with Gasteiger partial charge in [0.1, 0.15) is 0 Å². The number of halogens is 1. The summed E-state index contributed by atoms with van der Waals surface area (Å²) in [7, 11) is 0. The number of carbonyl (C=O) groups is 1. The molecule has 0 heterocycles. The van der Waals surface area contributed by atoms with Crippen molar-refractivity contribution in [1.82, 2.24) is 0 Å². The quantitative estimate of drug-likeness (QED) is 0.383. The van der Waals surface area contributed by atoms with Gasteiger partial charge in [-0.3, -0.25) is 4.79 Å². The fourth-order valence-corrected chi connectivity index (χ4v) is 1.06. The minimum absolute atomic E-state index is 0.239. The molecular formula is C8H13BrO. The molecule has 0 unspecified atom stereocenters.